The first-order valence-corrected chi connectivity index (χ1v) is 5.95. The van der Waals surface area contributed by atoms with Crippen LogP contribution in [0.25, 0.3) is 0 Å². The van der Waals surface area contributed by atoms with Gasteiger partial charge in [-0.1, -0.05) is 16.8 Å². The number of aromatic nitrogens is 2. The molecule has 0 atom stereocenters. The van der Waals surface area contributed by atoms with Crippen molar-refractivity contribution in [1.82, 2.24) is 10.1 Å². The molecule has 0 aliphatic heterocycles. The van der Waals surface area contributed by atoms with Crippen molar-refractivity contribution in [2.75, 3.05) is 0 Å². The molecule has 0 spiro atoms. The maximum atomic E-state index is 8.75. The molecule has 0 amide bonds. The second-order valence-corrected chi connectivity index (χ2v) is 4.49. The monoisotopic (exact) mass is 256 g/mol. The molecular formula is C10H9ClN2O2S. The summed E-state index contributed by atoms with van der Waals surface area (Å²) in [6, 6.07) is 7.53. The summed E-state index contributed by atoms with van der Waals surface area (Å²) in [7, 11) is 0. The summed E-state index contributed by atoms with van der Waals surface area (Å²) in [5, 5.41) is 13.2. The Morgan fingerprint density at radius 2 is 2.06 bits per heavy atom. The van der Waals surface area contributed by atoms with Crippen LogP contribution in [0.4, 0.5) is 0 Å². The predicted molar refractivity (Wildman–Crippen MR) is 61.2 cm³/mol. The van der Waals surface area contributed by atoms with Crippen molar-refractivity contribution < 1.29 is 9.63 Å². The molecule has 4 nitrogen and oxygen atoms in total. The van der Waals surface area contributed by atoms with Gasteiger partial charge in [-0.2, -0.15) is 4.98 Å². The molecule has 16 heavy (non-hydrogen) atoms. The van der Waals surface area contributed by atoms with Crippen LogP contribution in [0.3, 0.4) is 0 Å². The highest BCUT2D eigenvalue weighted by Crippen LogP contribution is 2.23. The number of aliphatic hydroxyl groups is 1. The van der Waals surface area contributed by atoms with Crippen LogP contribution in [0, 0.1) is 0 Å². The minimum Gasteiger partial charge on any atom is -0.387 e. The van der Waals surface area contributed by atoms with Crippen molar-refractivity contribution in [2.24, 2.45) is 0 Å². The Bertz CT molecular complexity index is 458. The summed E-state index contributed by atoms with van der Waals surface area (Å²) in [4.78, 5) is 5.07. The zero-order chi connectivity index (χ0) is 11.4. The first-order chi connectivity index (χ1) is 7.78. The molecule has 84 valence electrons. The summed E-state index contributed by atoms with van der Waals surface area (Å²) in [5.74, 6) is 1.42. The van der Waals surface area contributed by atoms with Crippen molar-refractivity contribution in [2.45, 2.75) is 17.3 Å². The molecule has 0 saturated heterocycles. The van der Waals surface area contributed by atoms with Gasteiger partial charge in [-0.05, 0) is 24.3 Å². The zero-order valence-electron chi connectivity index (χ0n) is 8.26. The van der Waals surface area contributed by atoms with Crippen LogP contribution in [0.15, 0.2) is 33.7 Å². The summed E-state index contributed by atoms with van der Waals surface area (Å²) in [5.41, 5.74) is 0. The normalized spacial score (nSPS) is 10.6. The van der Waals surface area contributed by atoms with Gasteiger partial charge in [0.25, 0.3) is 5.89 Å². The van der Waals surface area contributed by atoms with E-state index >= 15 is 0 Å². The summed E-state index contributed by atoms with van der Waals surface area (Å²) in [6.45, 7) is -0.224. The lowest BCUT2D eigenvalue weighted by atomic mass is 10.4. The summed E-state index contributed by atoms with van der Waals surface area (Å²) < 4.78 is 4.78. The molecule has 0 radical (unpaired) electrons. The fourth-order valence-electron chi connectivity index (χ4n) is 1.09. The molecule has 6 heteroatoms. The Kier molecular flexibility index (Phi) is 3.82. The number of hydrogen-bond donors (Lipinski definition) is 1. The minimum absolute atomic E-state index is 0.224. The Morgan fingerprint density at radius 3 is 2.69 bits per heavy atom. The number of benzene rings is 1. The Balaban J connectivity index is 1.94. The molecule has 1 aromatic heterocycles. The average molecular weight is 257 g/mol. The third kappa shape index (κ3) is 2.98. The molecule has 1 heterocycles. The molecule has 1 aromatic carbocycles. The van der Waals surface area contributed by atoms with Gasteiger partial charge in [-0.15, -0.1) is 11.8 Å². The second kappa shape index (κ2) is 5.34. The maximum absolute atomic E-state index is 8.75. The number of hydrogen-bond acceptors (Lipinski definition) is 5. The third-order valence-corrected chi connectivity index (χ3v) is 3.09. The van der Waals surface area contributed by atoms with Gasteiger partial charge in [0.05, 0.1) is 5.75 Å². The van der Waals surface area contributed by atoms with E-state index in [0.29, 0.717) is 16.6 Å². The highest BCUT2D eigenvalue weighted by molar-refractivity contribution is 7.98. The molecule has 0 aliphatic carbocycles. The van der Waals surface area contributed by atoms with E-state index in [4.69, 9.17) is 21.2 Å². The number of halogens is 1. The smallest absolute Gasteiger partial charge is 0.252 e. The minimum atomic E-state index is -0.224. The second-order valence-electron chi connectivity index (χ2n) is 3.01. The van der Waals surface area contributed by atoms with E-state index in [1.807, 2.05) is 24.3 Å². The van der Waals surface area contributed by atoms with Crippen LogP contribution in [-0.2, 0) is 12.4 Å². The quantitative estimate of drug-likeness (QED) is 0.852. The van der Waals surface area contributed by atoms with Crippen LogP contribution in [0.2, 0.25) is 5.02 Å². The highest BCUT2D eigenvalue weighted by atomic mass is 35.5. The van der Waals surface area contributed by atoms with Gasteiger partial charge >= 0.3 is 0 Å². The van der Waals surface area contributed by atoms with E-state index in [1.54, 1.807) is 11.8 Å². The molecule has 0 aliphatic rings. The third-order valence-electron chi connectivity index (χ3n) is 1.83. The molecule has 0 unspecified atom stereocenters. The van der Waals surface area contributed by atoms with Crippen molar-refractivity contribution >= 4 is 23.4 Å². The average Bonchev–Trinajstić information content (AvgIpc) is 2.76. The molecule has 2 aromatic rings. The Morgan fingerprint density at radius 1 is 1.31 bits per heavy atom. The lowest BCUT2D eigenvalue weighted by molar-refractivity contribution is 0.222. The van der Waals surface area contributed by atoms with E-state index in [1.165, 1.54) is 0 Å². The summed E-state index contributed by atoms with van der Waals surface area (Å²) in [6.07, 6.45) is 0. The molecule has 0 bridgehead atoms. The van der Waals surface area contributed by atoms with Gasteiger partial charge in [0.2, 0.25) is 0 Å². The molecular weight excluding hydrogens is 248 g/mol. The highest BCUT2D eigenvalue weighted by Gasteiger charge is 2.05. The van der Waals surface area contributed by atoms with Gasteiger partial charge in [0, 0.05) is 9.92 Å². The lowest BCUT2D eigenvalue weighted by Gasteiger charge is -1.97. The zero-order valence-corrected chi connectivity index (χ0v) is 9.83. The topological polar surface area (TPSA) is 59.2 Å². The van der Waals surface area contributed by atoms with E-state index in [-0.39, 0.29) is 12.5 Å². The standard InChI is InChI=1S/C10H9ClN2O2S/c11-7-1-3-8(4-2-7)16-6-9-12-10(5-14)15-13-9/h1-4,14H,5-6H2. The van der Waals surface area contributed by atoms with E-state index in [2.05, 4.69) is 10.1 Å². The first kappa shape index (κ1) is 11.4. The van der Waals surface area contributed by atoms with E-state index in [0.717, 1.165) is 4.90 Å². The molecule has 1 N–H and O–H groups in total. The number of nitrogens with zero attached hydrogens (tertiary/aromatic N) is 2. The lowest BCUT2D eigenvalue weighted by Crippen LogP contribution is -1.85. The van der Waals surface area contributed by atoms with Crippen molar-refractivity contribution in [1.29, 1.82) is 0 Å². The Hall–Kier alpha value is -1.04. The largest absolute Gasteiger partial charge is 0.387 e. The van der Waals surface area contributed by atoms with E-state index < -0.39 is 0 Å². The fourth-order valence-corrected chi connectivity index (χ4v) is 1.96. The van der Waals surface area contributed by atoms with E-state index in [9.17, 15) is 0 Å². The van der Waals surface area contributed by atoms with Crippen molar-refractivity contribution in [3.8, 4) is 0 Å². The van der Waals surface area contributed by atoms with Crippen LogP contribution in [-0.4, -0.2) is 15.2 Å². The van der Waals surface area contributed by atoms with Crippen molar-refractivity contribution in [3.63, 3.8) is 0 Å². The number of rotatable bonds is 4. The molecule has 0 saturated carbocycles. The molecule has 0 fully saturated rings. The van der Waals surface area contributed by atoms with Crippen LogP contribution in [0.1, 0.15) is 11.7 Å². The Labute approximate surface area is 102 Å². The fraction of sp³-hybridized carbons (Fsp3) is 0.200. The van der Waals surface area contributed by atoms with Gasteiger partial charge in [-0.25, -0.2) is 0 Å². The van der Waals surface area contributed by atoms with Gasteiger partial charge in [0.1, 0.15) is 6.61 Å². The molecule has 2 rings (SSSR count). The summed E-state index contributed by atoms with van der Waals surface area (Å²) >= 11 is 7.35. The predicted octanol–water partition coefficient (Wildman–Crippen LogP) is 2.51. The van der Waals surface area contributed by atoms with Crippen molar-refractivity contribution in [3.05, 3.63) is 41.0 Å². The SMILES string of the molecule is OCc1nc(CSc2ccc(Cl)cc2)no1. The van der Waals surface area contributed by atoms with Crippen LogP contribution in [0.5, 0.6) is 0 Å². The maximum Gasteiger partial charge on any atom is 0.252 e. The first-order valence-electron chi connectivity index (χ1n) is 4.58. The van der Waals surface area contributed by atoms with Gasteiger partial charge in [-0.3, -0.25) is 0 Å². The number of thioether (sulfide) groups is 1. The van der Waals surface area contributed by atoms with Gasteiger partial charge < -0.3 is 9.63 Å². The van der Waals surface area contributed by atoms with Crippen LogP contribution >= 0.6 is 23.4 Å². The van der Waals surface area contributed by atoms with Gasteiger partial charge in [0.15, 0.2) is 5.82 Å². The van der Waals surface area contributed by atoms with Crippen LogP contribution < -0.4 is 0 Å². The number of aliphatic hydroxyl groups excluding tert-OH is 1.